The lowest BCUT2D eigenvalue weighted by atomic mass is 10.1. The second-order valence-electron chi connectivity index (χ2n) is 5.13. The van der Waals surface area contributed by atoms with Crippen LogP contribution < -0.4 is 10.6 Å². The van der Waals surface area contributed by atoms with Gasteiger partial charge >= 0.3 is 5.97 Å². The number of hydrogen-bond acceptors (Lipinski definition) is 5. The van der Waals surface area contributed by atoms with E-state index in [9.17, 15) is 14.4 Å². The molecule has 0 bridgehead atoms. The van der Waals surface area contributed by atoms with Gasteiger partial charge in [-0.2, -0.15) is 0 Å². The number of nitrogens with one attached hydrogen (secondary N) is 2. The number of carbonyl (C=O) groups is 3. The number of thiophene rings is 1. The Morgan fingerprint density at radius 2 is 1.96 bits per heavy atom. The molecule has 2 N–H and O–H groups in total. The Morgan fingerprint density at radius 3 is 2.58 bits per heavy atom. The van der Waals surface area contributed by atoms with Crippen LogP contribution in [-0.2, 0) is 9.53 Å². The van der Waals surface area contributed by atoms with Crippen molar-refractivity contribution in [3.05, 3.63) is 45.3 Å². The lowest BCUT2D eigenvalue weighted by Crippen LogP contribution is -2.15. The van der Waals surface area contributed by atoms with E-state index in [2.05, 4.69) is 10.6 Å². The van der Waals surface area contributed by atoms with Gasteiger partial charge in [0, 0.05) is 10.7 Å². The van der Waals surface area contributed by atoms with Crippen molar-refractivity contribution >= 4 is 63.0 Å². The number of benzene rings is 1. The monoisotopic (exact) mass is 414 g/mol. The molecule has 0 aliphatic heterocycles. The molecule has 2 rings (SSSR count). The highest BCUT2D eigenvalue weighted by atomic mass is 35.5. The summed E-state index contributed by atoms with van der Waals surface area (Å²) in [6.45, 7) is 3.45. The van der Waals surface area contributed by atoms with Gasteiger partial charge < -0.3 is 15.4 Å². The molecular weight excluding hydrogens is 399 g/mol. The maximum Gasteiger partial charge on any atom is 0.341 e. The van der Waals surface area contributed by atoms with Crippen LogP contribution in [0.3, 0.4) is 0 Å². The van der Waals surface area contributed by atoms with E-state index in [0.717, 1.165) is 11.3 Å². The SMILES string of the molecule is CCOC(=O)c1c(NC(=O)CCl)sc(C(=O)Nc2cccc(Cl)c2)c1C. The van der Waals surface area contributed by atoms with Crippen LogP contribution >= 0.6 is 34.5 Å². The van der Waals surface area contributed by atoms with Crippen LogP contribution in [0.1, 0.15) is 32.5 Å². The van der Waals surface area contributed by atoms with Crippen molar-refractivity contribution in [3.8, 4) is 0 Å². The van der Waals surface area contributed by atoms with Crippen molar-refractivity contribution in [2.45, 2.75) is 13.8 Å². The van der Waals surface area contributed by atoms with Crippen molar-refractivity contribution in [2.24, 2.45) is 0 Å². The average molecular weight is 415 g/mol. The second-order valence-corrected chi connectivity index (χ2v) is 6.85. The van der Waals surface area contributed by atoms with Gasteiger partial charge in [-0.25, -0.2) is 4.79 Å². The van der Waals surface area contributed by atoms with Crippen LogP contribution in [-0.4, -0.2) is 30.3 Å². The van der Waals surface area contributed by atoms with Gasteiger partial charge in [0.15, 0.2) is 0 Å². The largest absolute Gasteiger partial charge is 0.462 e. The molecular formula is C17H16Cl2N2O4S. The van der Waals surface area contributed by atoms with Crippen molar-refractivity contribution in [1.82, 2.24) is 0 Å². The second kappa shape index (κ2) is 9.02. The number of carbonyl (C=O) groups excluding carboxylic acids is 3. The lowest BCUT2D eigenvalue weighted by Gasteiger charge is -2.06. The van der Waals surface area contributed by atoms with E-state index in [1.165, 1.54) is 0 Å². The minimum Gasteiger partial charge on any atom is -0.462 e. The summed E-state index contributed by atoms with van der Waals surface area (Å²) < 4.78 is 5.03. The molecule has 0 unspecified atom stereocenters. The van der Waals surface area contributed by atoms with Crippen LogP contribution in [0, 0.1) is 6.92 Å². The highest BCUT2D eigenvalue weighted by molar-refractivity contribution is 7.19. The molecule has 1 aromatic carbocycles. The van der Waals surface area contributed by atoms with E-state index < -0.39 is 17.8 Å². The normalized spacial score (nSPS) is 10.3. The average Bonchev–Trinajstić information content (AvgIpc) is 2.91. The number of anilines is 2. The Hall–Kier alpha value is -2.09. The number of ether oxygens (including phenoxy) is 1. The first kappa shape index (κ1) is 20.2. The first-order chi connectivity index (χ1) is 12.4. The van der Waals surface area contributed by atoms with Gasteiger partial charge in [0.25, 0.3) is 5.91 Å². The molecule has 0 atom stereocenters. The fraction of sp³-hybridized carbons (Fsp3) is 0.235. The number of halogens is 2. The summed E-state index contributed by atoms with van der Waals surface area (Å²) in [6.07, 6.45) is 0. The topological polar surface area (TPSA) is 84.5 Å². The summed E-state index contributed by atoms with van der Waals surface area (Å²) in [7, 11) is 0. The first-order valence-electron chi connectivity index (χ1n) is 7.60. The highest BCUT2D eigenvalue weighted by Gasteiger charge is 2.26. The van der Waals surface area contributed by atoms with E-state index in [1.54, 1.807) is 38.1 Å². The summed E-state index contributed by atoms with van der Waals surface area (Å²) in [5.74, 6) is -1.80. The molecule has 6 nitrogen and oxygen atoms in total. The van der Waals surface area contributed by atoms with Gasteiger partial charge in [0.05, 0.1) is 17.0 Å². The van der Waals surface area contributed by atoms with E-state index in [4.69, 9.17) is 27.9 Å². The lowest BCUT2D eigenvalue weighted by molar-refractivity contribution is -0.113. The quantitative estimate of drug-likeness (QED) is 0.544. The maximum atomic E-state index is 12.6. The third-order valence-electron chi connectivity index (χ3n) is 3.29. The smallest absolute Gasteiger partial charge is 0.341 e. The third kappa shape index (κ3) is 4.75. The molecule has 0 saturated carbocycles. The zero-order chi connectivity index (χ0) is 19.3. The molecule has 9 heteroatoms. The Balaban J connectivity index is 2.38. The minimum absolute atomic E-state index is 0.145. The molecule has 0 fully saturated rings. The Bertz CT molecular complexity index is 851. The number of rotatable bonds is 6. The summed E-state index contributed by atoms with van der Waals surface area (Å²) in [5.41, 5.74) is 1.07. The van der Waals surface area contributed by atoms with E-state index >= 15 is 0 Å². The molecule has 0 radical (unpaired) electrons. The fourth-order valence-electron chi connectivity index (χ4n) is 2.18. The summed E-state index contributed by atoms with van der Waals surface area (Å²) in [5, 5.41) is 5.95. The van der Waals surface area contributed by atoms with E-state index in [-0.39, 0.29) is 27.9 Å². The molecule has 26 heavy (non-hydrogen) atoms. The Morgan fingerprint density at radius 1 is 1.23 bits per heavy atom. The van der Waals surface area contributed by atoms with Crippen LogP contribution in [0.15, 0.2) is 24.3 Å². The van der Waals surface area contributed by atoms with Gasteiger partial charge in [0.2, 0.25) is 5.91 Å². The molecule has 0 saturated heterocycles. The van der Waals surface area contributed by atoms with Crippen molar-refractivity contribution < 1.29 is 19.1 Å². The predicted octanol–water partition coefficient (Wildman–Crippen LogP) is 4.32. The number of hydrogen-bond donors (Lipinski definition) is 2. The Labute approximate surface area is 164 Å². The van der Waals surface area contributed by atoms with Gasteiger partial charge in [-0.1, -0.05) is 17.7 Å². The summed E-state index contributed by atoms with van der Waals surface area (Å²) >= 11 is 12.4. The van der Waals surface area contributed by atoms with Gasteiger partial charge in [0.1, 0.15) is 10.9 Å². The molecule has 2 aromatic rings. The van der Waals surface area contributed by atoms with E-state index in [1.807, 2.05) is 0 Å². The fourth-order valence-corrected chi connectivity index (χ4v) is 3.54. The standard InChI is InChI=1S/C17H16Cl2N2O4S/c1-3-25-17(24)13-9(2)14(26-16(13)21-12(22)8-18)15(23)20-11-6-4-5-10(19)7-11/h4-7H,3,8H2,1-2H3,(H,20,23)(H,21,22). The van der Waals surface area contributed by atoms with Crippen LogP contribution in [0.5, 0.6) is 0 Å². The molecule has 0 spiro atoms. The predicted molar refractivity (Wildman–Crippen MR) is 104 cm³/mol. The maximum absolute atomic E-state index is 12.6. The zero-order valence-corrected chi connectivity index (χ0v) is 16.3. The number of amides is 2. The zero-order valence-electron chi connectivity index (χ0n) is 14.0. The molecule has 0 aliphatic carbocycles. The first-order valence-corrected chi connectivity index (χ1v) is 9.33. The molecule has 2 amide bonds. The number of esters is 1. The molecule has 1 heterocycles. The van der Waals surface area contributed by atoms with E-state index in [0.29, 0.717) is 16.3 Å². The Kier molecular flexibility index (Phi) is 7.02. The van der Waals surface area contributed by atoms with Crippen molar-refractivity contribution in [2.75, 3.05) is 23.1 Å². The van der Waals surface area contributed by atoms with Crippen molar-refractivity contribution in [3.63, 3.8) is 0 Å². The third-order valence-corrected chi connectivity index (χ3v) is 4.97. The number of alkyl halides is 1. The van der Waals surface area contributed by atoms with Gasteiger partial charge in [-0.3, -0.25) is 9.59 Å². The van der Waals surface area contributed by atoms with Crippen LogP contribution in [0.2, 0.25) is 5.02 Å². The molecule has 0 aliphatic rings. The van der Waals surface area contributed by atoms with Crippen molar-refractivity contribution in [1.29, 1.82) is 0 Å². The summed E-state index contributed by atoms with van der Waals surface area (Å²) in [4.78, 5) is 36.8. The van der Waals surface area contributed by atoms with Crippen LogP contribution in [0.25, 0.3) is 0 Å². The van der Waals surface area contributed by atoms with Crippen LogP contribution in [0.4, 0.5) is 10.7 Å². The van der Waals surface area contributed by atoms with Gasteiger partial charge in [-0.15, -0.1) is 22.9 Å². The highest BCUT2D eigenvalue weighted by Crippen LogP contribution is 2.34. The molecule has 138 valence electrons. The summed E-state index contributed by atoms with van der Waals surface area (Å²) in [6, 6.07) is 6.68. The molecule has 1 aromatic heterocycles. The minimum atomic E-state index is -0.618. The van der Waals surface area contributed by atoms with Gasteiger partial charge in [-0.05, 0) is 37.6 Å².